The largest absolute Gasteiger partial charge is 0.343 e. The summed E-state index contributed by atoms with van der Waals surface area (Å²) in [6, 6.07) is 8.26. The Morgan fingerprint density at radius 1 is 1.16 bits per heavy atom. The van der Waals surface area contributed by atoms with Crippen LogP contribution >= 0.6 is 23.3 Å². The van der Waals surface area contributed by atoms with Gasteiger partial charge in [-0.15, -0.1) is 0 Å². The lowest BCUT2D eigenvalue weighted by Gasteiger charge is -2.17. The number of benzene rings is 1. The first-order valence-corrected chi connectivity index (χ1v) is 9.98. The molecule has 1 aromatic carbocycles. The molecule has 3 aromatic rings. The van der Waals surface area contributed by atoms with Crippen LogP contribution in [0.5, 0.6) is 0 Å². The van der Waals surface area contributed by atoms with E-state index in [2.05, 4.69) is 45.5 Å². The van der Waals surface area contributed by atoms with Gasteiger partial charge in [-0.1, -0.05) is 41.6 Å². The Bertz CT molecular complexity index is 872. The van der Waals surface area contributed by atoms with Crippen LogP contribution in [0, 0.1) is 6.92 Å². The van der Waals surface area contributed by atoms with Crippen LogP contribution in [0.3, 0.4) is 0 Å². The number of hydrogen-bond donors (Lipinski definition) is 0. The molecule has 2 heterocycles. The normalized spacial score (nSPS) is 11.0. The molecule has 25 heavy (non-hydrogen) atoms. The van der Waals surface area contributed by atoms with Gasteiger partial charge < -0.3 is 4.90 Å². The van der Waals surface area contributed by atoms with Crippen LogP contribution in [0.4, 0.5) is 0 Å². The van der Waals surface area contributed by atoms with Crippen molar-refractivity contribution in [2.75, 3.05) is 18.8 Å². The Kier molecular flexibility index (Phi) is 5.65. The van der Waals surface area contributed by atoms with Crippen molar-refractivity contribution in [1.29, 1.82) is 0 Å². The SMILES string of the molecule is CCN(CC)C(=O)CSc1ncnc2c(-c3ccc(C)cc3)nsc12. The zero-order valence-electron chi connectivity index (χ0n) is 14.5. The number of rotatable bonds is 6. The van der Waals surface area contributed by atoms with E-state index in [1.54, 1.807) is 6.33 Å². The van der Waals surface area contributed by atoms with E-state index in [-0.39, 0.29) is 5.91 Å². The Balaban J connectivity index is 1.86. The monoisotopic (exact) mass is 372 g/mol. The van der Waals surface area contributed by atoms with E-state index in [9.17, 15) is 4.79 Å². The highest BCUT2D eigenvalue weighted by atomic mass is 32.2. The first-order chi connectivity index (χ1) is 12.1. The fourth-order valence-corrected chi connectivity index (χ4v) is 4.37. The summed E-state index contributed by atoms with van der Waals surface area (Å²) in [5.74, 6) is 0.510. The van der Waals surface area contributed by atoms with Gasteiger partial charge in [-0.25, -0.2) is 9.97 Å². The first-order valence-electron chi connectivity index (χ1n) is 8.22. The van der Waals surface area contributed by atoms with Gasteiger partial charge in [0.2, 0.25) is 5.91 Å². The first kappa shape index (κ1) is 17.8. The maximum Gasteiger partial charge on any atom is 0.232 e. The second-order valence-electron chi connectivity index (χ2n) is 5.61. The van der Waals surface area contributed by atoms with Gasteiger partial charge >= 0.3 is 0 Å². The molecule has 3 rings (SSSR count). The highest BCUT2D eigenvalue weighted by Gasteiger charge is 2.16. The van der Waals surface area contributed by atoms with Gasteiger partial charge in [0, 0.05) is 18.7 Å². The Labute approximate surface area is 155 Å². The van der Waals surface area contributed by atoms with E-state index in [0.717, 1.165) is 39.6 Å². The number of thioether (sulfide) groups is 1. The maximum atomic E-state index is 12.2. The number of nitrogens with zero attached hydrogens (tertiary/aromatic N) is 4. The van der Waals surface area contributed by atoms with Gasteiger partial charge in [0.1, 0.15) is 27.3 Å². The summed E-state index contributed by atoms with van der Waals surface area (Å²) < 4.78 is 5.52. The lowest BCUT2D eigenvalue weighted by molar-refractivity contribution is -0.127. The summed E-state index contributed by atoms with van der Waals surface area (Å²) in [5.41, 5.74) is 3.98. The molecule has 1 amide bonds. The molecule has 0 atom stereocenters. The average Bonchev–Trinajstić information content (AvgIpc) is 3.06. The van der Waals surface area contributed by atoms with Crippen LogP contribution in [0.25, 0.3) is 21.5 Å². The molecular formula is C18H20N4OS2. The van der Waals surface area contributed by atoms with E-state index in [1.807, 2.05) is 18.7 Å². The summed E-state index contributed by atoms with van der Waals surface area (Å²) in [4.78, 5) is 22.8. The molecule has 0 aliphatic heterocycles. The molecule has 0 saturated carbocycles. The van der Waals surface area contributed by atoms with Crippen LogP contribution in [-0.4, -0.2) is 44.0 Å². The fraction of sp³-hybridized carbons (Fsp3) is 0.333. The number of aryl methyl sites for hydroxylation is 1. The van der Waals surface area contributed by atoms with E-state index >= 15 is 0 Å². The Morgan fingerprint density at radius 3 is 2.56 bits per heavy atom. The summed E-state index contributed by atoms with van der Waals surface area (Å²) in [5, 5.41) is 0.821. The highest BCUT2D eigenvalue weighted by molar-refractivity contribution is 8.00. The average molecular weight is 373 g/mol. The number of fused-ring (bicyclic) bond motifs is 1. The number of carbonyl (C=O) groups is 1. The van der Waals surface area contributed by atoms with Crippen molar-refractivity contribution in [2.24, 2.45) is 0 Å². The van der Waals surface area contributed by atoms with Gasteiger partial charge in [-0.3, -0.25) is 4.79 Å². The molecule has 0 saturated heterocycles. The third-order valence-corrected chi connectivity index (χ3v) is 5.94. The predicted octanol–water partition coefficient (Wildman–Crippen LogP) is 4.02. The van der Waals surface area contributed by atoms with Crippen molar-refractivity contribution in [1.82, 2.24) is 19.2 Å². The minimum absolute atomic E-state index is 0.130. The van der Waals surface area contributed by atoms with Gasteiger partial charge in [0.15, 0.2) is 0 Å². The molecule has 0 unspecified atom stereocenters. The number of hydrogen-bond acceptors (Lipinski definition) is 6. The van der Waals surface area contributed by atoms with Crippen LogP contribution in [0.15, 0.2) is 35.6 Å². The van der Waals surface area contributed by atoms with Gasteiger partial charge in [0.05, 0.1) is 5.75 Å². The predicted molar refractivity (Wildman–Crippen MR) is 104 cm³/mol. The van der Waals surface area contributed by atoms with Crippen molar-refractivity contribution in [3.05, 3.63) is 36.2 Å². The summed E-state index contributed by atoms with van der Waals surface area (Å²) in [6.07, 6.45) is 1.55. The van der Waals surface area contributed by atoms with Gasteiger partial charge in [-0.05, 0) is 32.3 Å². The standard InChI is InChI=1S/C18H20N4OS2/c1-4-22(5-2)14(23)10-24-18-17-16(19-11-20-18)15(21-25-17)13-8-6-12(3)7-9-13/h6-9,11H,4-5,10H2,1-3H3. The molecule has 0 spiro atoms. The second-order valence-corrected chi connectivity index (χ2v) is 7.35. The third kappa shape index (κ3) is 3.82. The number of aromatic nitrogens is 3. The van der Waals surface area contributed by atoms with Crippen molar-refractivity contribution >= 4 is 39.4 Å². The van der Waals surface area contributed by atoms with E-state index < -0.39 is 0 Å². The highest BCUT2D eigenvalue weighted by Crippen LogP contribution is 2.34. The molecular weight excluding hydrogens is 352 g/mol. The van der Waals surface area contributed by atoms with Crippen molar-refractivity contribution in [2.45, 2.75) is 25.8 Å². The topological polar surface area (TPSA) is 59.0 Å². The molecule has 2 aromatic heterocycles. The fourth-order valence-electron chi connectivity index (χ4n) is 2.54. The van der Waals surface area contributed by atoms with Gasteiger partial charge in [0.25, 0.3) is 0 Å². The molecule has 7 heteroatoms. The molecule has 0 aliphatic rings. The molecule has 0 radical (unpaired) electrons. The summed E-state index contributed by atoms with van der Waals surface area (Å²) in [7, 11) is 0. The maximum absolute atomic E-state index is 12.2. The van der Waals surface area contributed by atoms with Crippen LogP contribution in [0.2, 0.25) is 0 Å². The number of carbonyl (C=O) groups excluding carboxylic acids is 1. The minimum atomic E-state index is 0.130. The van der Waals surface area contributed by atoms with Crippen LogP contribution in [0.1, 0.15) is 19.4 Å². The van der Waals surface area contributed by atoms with Crippen LogP contribution in [-0.2, 0) is 4.79 Å². The van der Waals surface area contributed by atoms with E-state index in [1.165, 1.54) is 28.9 Å². The molecule has 0 bridgehead atoms. The van der Waals surface area contributed by atoms with E-state index in [4.69, 9.17) is 0 Å². The molecule has 130 valence electrons. The molecule has 0 fully saturated rings. The van der Waals surface area contributed by atoms with Crippen LogP contribution < -0.4 is 0 Å². The third-order valence-electron chi connectivity index (χ3n) is 4.00. The molecule has 0 N–H and O–H groups in total. The Hall–Kier alpha value is -1.99. The minimum Gasteiger partial charge on any atom is -0.343 e. The van der Waals surface area contributed by atoms with Crippen molar-refractivity contribution < 1.29 is 4.79 Å². The summed E-state index contributed by atoms with van der Waals surface area (Å²) >= 11 is 2.85. The smallest absolute Gasteiger partial charge is 0.232 e. The quantitative estimate of drug-likeness (QED) is 0.483. The zero-order valence-corrected chi connectivity index (χ0v) is 16.2. The summed E-state index contributed by atoms with van der Waals surface area (Å²) in [6.45, 7) is 7.51. The Morgan fingerprint density at radius 2 is 1.88 bits per heavy atom. The molecule has 0 aliphatic carbocycles. The lowest BCUT2D eigenvalue weighted by Crippen LogP contribution is -2.31. The second kappa shape index (κ2) is 7.93. The zero-order chi connectivity index (χ0) is 17.8. The van der Waals surface area contributed by atoms with E-state index in [0.29, 0.717) is 5.75 Å². The van der Waals surface area contributed by atoms with Crippen molar-refractivity contribution in [3.8, 4) is 11.3 Å². The molecule has 5 nitrogen and oxygen atoms in total. The van der Waals surface area contributed by atoms with Crippen molar-refractivity contribution in [3.63, 3.8) is 0 Å². The lowest BCUT2D eigenvalue weighted by atomic mass is 10.1. The van der Waals surface area contributed by atoms with Gasteiger partial charge in [-0.2, -0.15) is 4.37 Å². The number of amides is 1.